The number of hydrogen-bond donors (Lipinski definition) is 0. The SMILES string of the molecule is CON=CCOC(=O)CC(C)=O. The van der Waals surface area contributed by atoms with Crippen molar-refractivity contribution in [3.8, 4) is 0 Å². The summed E-state index contributed by atoms with van der Waals surface area (Å²) in [5.41, 5.74) is 0. The second-order valence-electron chi connectivity index (χ2n) is 2.03. The first-order valence-electron chi connectivity index (χ1n) is 3.37. The maximum atomic E-state index is 10.7. The largest absolute Gasteiger partial charge is 0.459 e. The first-order chi connectivity index (χ1) is 5.66. The van der Waals surface area contributed by atoms with Crippen LogP contribution in [-0.2, 0) is 19.2 Å². The van der Waals surface area contributed by atoms with Gasteiger partial charge in [0.15, 0.2) is 0 Å². The van der Waals surface area contributed by atoms with Gasteiger partial charge >= 0.3 is 5.97 Å². The molecule has 5 heteroatoms. The summed E-state index contributed by atoms with van der Waals surface area (Å²) in [6.07, 6.45) is 1.10. The van der Waals surface area contributed by atoms with E-state index in [1.54, 1.807) is 0 Å². The fourth-order valence-corrected chi connectivity index (χ4v) is 0.489. The van der Waals surface area contributed by atoms with Crippen LogP contribution < -0.4 is 0 Å². The predicted octanol–water partition coefficient (Wildman–Crippen LogP) is 0.141. The van der Waals surface area contributed by atoms with Crippen LogP contribution in [0, 0.1) is 0 Å². The Labute approximate surface area is 70.3 Å². The summed E-state index contributed by atoms with van der Waals surface area (Å²) in [5.74, 6) is -0.770. The minimum atomic E-state index is -0.551. The van der Waals surface area contributed by atoms with Gasteiger partial charge in [0.1, 0.15) is 25.9 Å². The number of nitrogens with zero attached hydrogens (tertiary/aromatic N) is 1. The van der Waals surface area contributed by atoms with Gasteiger partial charge in [-0.05, 0) is 6.92 Å². The van der Waals surface area contributed by atoms with Crippen LogP contribution in [0.15, 0.2) is 5.16 Å². The molecule has 0 aromatic rings. The summed E-state index contributed by atoms with van der Waals surface area (Å²) in [6, 6.07) is 0. The molecule has 0 aromatic heterocycles. The highest BCUT2D eigenvalue weighted by Crippen LogP contribution is 1.86. The Hall–Kier alpha value is -1.39. The number of oxime groups is 1. The molecule has 68 valence electrons. The molecule has 0 unspecified atom stereocenters. The smallest absolute Gasteiger partial charge is 0.313 e. The van der Waals surface area contributed by atoms with Crippen LogP contribution in [0.3, 0.4) is 0 Å². The third-order valence-electron chi connectivity index (χ3n) is 0.892. The number of carbonyl (C=O) groups excluding carboxylic acids is 2. The monoisotopic (exact) mass is 173 g/mol. The first-order valence-corrected chi connectivity index (χ1v) is 3.37. The summed E-state index contributed by atoms with van der Waals surface area (Å²) in [6.45, 7) is 1.35. The summed E-state index contributed by atoms with van der Waals surface area (Å²) >= 11 is 0. The molecule has 0 spiro atoms. The van der Waals surface area contributed by atoms with Crippen molar-refractivity contribution in [2.75, 3.05) is 13.7 Å². The van der Waals surface area contributed by atoms with Crippen LogP contribution in [0.2, 0.25) is 0 Å². The van der Waals surface area contributed by atoms with E-state index in [1.165, 1.54) is 20.2 Å². The second-order valence-corrected chi connectivity index (χ2v) is 2.03. The van der Waals surface area contributed by atoms with Crippen molar-refractivity contribution in [1.29, 1.82) is 0 Å². The molecule has 0 amide bonds. The van der Waals surface area contributed by atoms with Crippen LogP contribution >= 0.6 is 0 Å². The van der Waals surface area contributed by atoms with Crippen LogP contribution in [0.5, 0.6) is 0 Å². The van der Waals surface area contributed by atoms with Crippen molar-refractivity contribution < 1.29 is 19.2 Å². The van der Waals surface area contributed by atoms with Gasteiger partial charge in [0, 0.05) is 0 Å². The molecule has 0 rings (SSSR count). The van der Waals surface area contributed by atoms with Gasteiger partial charge in [-0.15, -0.1) is 0 Å². The topological polar surface area (TPSA) is 65.0 Å². The molecule has 0 radical (unpaired) electrons. The molecule has 0 aliphatic heterocycles. The van der Waals surface area contributed by atoms with Crippen LogP contribution in [-0.4, -0.2) is 31.7 Å². The zero-order valence-electron chi connectivity index (χ0n) is 7.07. The number of rotatable bonds is 5. The molecule has 0 saturated heterocycles. The Kier molecular flexibility index (Phi) is 5.60. The van der Waals surface area contributed by atoms with Crippen molar-refractivity contribution in [2.45, 2.75) is 13.3 Å². The summed E-state index contributed by atoms with van der Waals surface area (Å²) in [4.78, 5) is 25.4. The fourth-order valence-electron chi connectivity index (χ4n) is 0.489. The van der Waals surface area contributed by atoms with Gasteiger partial charge in [-0.25, -0.2) is 0 Å². The van der Waals surface area contributed by atoms with Gasteiger partial charge in [-0.3, -0.25) is 9.59 Å². The van der Waals surface area contributed by atoms with Gasteiger partial charge in [0.2, 0.25) is 0 Å². The van der Waals surface area contributed by atoms with E-state index in [4.69, 9.17) is 0 Å². The molecule has 0 N–H and O–H groups in total. The van der Waals surface area contributed by atoms with Gasteiger partial charge in [0.25, 0.3) is 0 Å². The number of esters is 1. The van der Waals surface area contributed by atoms with Crippen molar-refractivity contribution in [2.24, 2.45) is 5.16 Å². The van der Waals surface area contributed by atoms with Crippen LogP contribution in [0.1, 0.15) is 13.3 Å². The number of Topliss-reactive ketones (excluding diaryl/α,β-unsaturated/α-hetero) is 1. The zero-order valence-corrected chi connectivity index (χ0v) is 7.07. The predicted molar refractivity (Wildman–Crippen MR) is 41.8 cm³/mol. The lowest BCUT2D eigenvalue weighted by Crippen LogP contribution is -2.10. The van der Waals surface area contributed by atoms with Crippen LogP contribution in [0.25, 0.3) is 0 Å². The molecule has 0 fully saturated rings. The fraction of sp³-hybridized carbons (Fsp3) is 0.571. The first kappa shape index (κ1) is 10.6. The Bertz CT molecular complexity index is 188. The highest BCUT2D eigenvalue weighted by Gasteiger charge is 2.04. The van der Waals surface area contributed by atoms with Crippen molar-refractivity contribution in [3.05, 3.63) is 0 Å². The Morgan fingerprint density at radius 1 is 1.50 bits per heavy atom. The molecule has 12 heavy (non-hydrogen) atoms. The molecule has 0 heterocycles. The molecule has 0 atom stereocenters. The Morgan fingerprint density at radius 2 is 2.17 bits per heavy atom. The number of hydrogen-bond acceptors (Lipinski definition) is 5. The number of carbonyl (C=O) groups is 2. The summed E-state index contributed by atoms with van der Waals surface area (Å²) < 4.78 is 4.57. The Balaban J connectivity index is 3.44. The lowest BCUT2D eigenvalue weighted by Gasteiger charge is -1.97. The highest BCUT2D eigenvalue weighted by atomic mass is 16.6. The molecule has 5 nitrogen and oxygen atoms in total. The highest BCUT2D eigenvalue weighted by molar-refractivity contribution is 5.94. The third-order valence-corrected chi connectivity index (χ3v) is 0.892. The van der Waals surface area contributed by atoms with Gasteiger partial charge in [-0.1, -0.05) is 5.16 Å². The molecule has 0 bridgehead atoms. The quantitative estimate of drug-likeness (QED) is 0.257. The average molecular weight is 173 g/mol. The maximum absolute atomic E-state index is 10.7. The van der Waals surface area contributed by atoms with E-state index in [-0.39, 0.29) is 18.8 Å². The van der Waals surface area contributed by atoms with Gasteiger partial charge < -0.3 is 9.57 Å². The number of ketones is 1. The number of ether oxygens (including phenoxy) is 1. The van der Waals surface area contributed by atoms with E-state index in [1.807, 2.05) is 0 Å². The van der Waals surface area contributed by atoms with Crippen molar-refractivity contribution >= 4 is 18.0 Å². The molecule has 0 aliphatic carbocycles. The molecular formula is C7H11NO4. The summed E-state index contributed by atoms with van der Waals surface area (Å²) in [7, 11) is 1.38. The molecular weight excluding hydrogens is 162 g/mol. The maximum Gasteiger partial charge on any atom is 0.313 e. The second kappa shape index (κ2) is 6.33. The van der Waals surface area contributed by atoms with Gasteiger partial charge in [0.05, 0.1) is 6.21 Å². The van der Waals surface area contributed by atoms with E-state index in [9.17, 15) is 9.59 Å². The molecule has 0 aliphatic rings. The standard InChI is InChI=1S/C7H11NO4/c1-6(9)5-7(10)12-4-3-8-11-2/h3H,4-5H2,1-2H3. The lowest BCUT2D eigenvalue weighted by molar-refractivity contribution is -0.144. The minimum Gasteiger partial charge on any atom is -0.459 e. The van der Waals surface area contributed by atoms with E-state index in [0.29, 0.717) is 0 Å². The Morgan fingerprint density at radius 3 is 2.67 bits per heavy atom. The zero-order chi connectivity index (χ0) is 9.40. The lowest BCUT2D eigenvalue weighted by atomic mass is 10.3. The van der Waals surface area contributed by atoms with Gasteiger partial charge in [-0.2, -0.15) is 0 Å². The summed E-state index contributed by atoms with van der Waals surface area (Å²) in [5, 5.41) is 3.34. The molecule has 0 saturated carbocycles. The minimum absolute atomic E-state index is 0.0277. The van der Waals surface area contributed by atoms with E-state index in [0.717, 1.165) is 0 Å². The normalized spacial score (nSPS) is 9.83. The molecule has 0 aromatic carbocycles. The third kappa shape index (κ3) is 6.73. The van der Waals surface area contributed by atoms with E-state index in [2.05, 4.69) is 14.7 Å². The van der Waals surface area contributed by atoms with Crippen molar-refractivity contribution in [1.82, 2.24) is 0 Å². The van der Waals surface area contributed by atoms with E-state index >= 15 is 0 Å². The van der Waals surface area contributed by atoms with E-state index < -0.39 is 5.97 Å². The average Bonchev–Trinajstić information content (AvgIpc) is 1.97. The van der Waals surface area contributed by atoms with Crippen molar-refractivity contribution in [3.63, 3.8) is 0 Å². The van der Waals surface area contributed by atoms with Crippen LogP contribution in [0.4, 0.5) is 0 Å².